The van der Waals surface area contributed by atoms with Crippen molar-refractivity contribution in [2.24, 2.45) is 23.7 Å². The van der Waals surface area contributed by atoms with Gasteiger partial charge in [-0.05, 0) is 97.1 Å². The third-order valence-electron chi connectivity index (χ3n) is 8.18. The van der Waals surface area contributed by atoms with E-state index < -0.39 is 27.5 Å². The lowest BCUT2D eigenvalue weighted by molar-refractivity contribution is -0.140. The van der Waals surface area contributed by atoms with Crippen molar-refractivity contribution in [1.82, 2.24) is 0 Å². The molecule has 1 N–H and O–H groups in total. The van der Waals surface area contributed by atoms with E-state index in [1.54, 1.807) is 13.0 Å². The van der Waals surface area contributed by atoms with Gasteiger partial charge < -0.3 is 5.11 Å². The molecular weight excluding hydrogens is 471 g/mol. The van der Waals surface area contributed by atoms with Crippen molar-refractivity contribution in [3.05, 3.63) is 59.4 Å². The van der Waals surface area contributed by atoms with Crippen LogP contribution in [-0.4, -0.2) is 25.2 Å². The summed E-state index contributed by atoms with van der Waals surface area (Å²) in [5.74, 6) is 0.989. The zero-order valence-corrected chi connectivity index (χ0v) is 21.0. The Morgan fingerprint density at radius 2 is 1.68 bits per heavy atom. The molecule has 0 aliphatic heterocycles. The summed E-state index contributed by atoms with van der Waals surface area (Å²) in [7, 11) is -3.84. The maximum atomic E-state index is 14.8. The Hall–Kier alpha value is -1.86. The molecule has 1 unspecified atom stereocenters. The van der Waals surface area contributed by atoms with Gasteiger partial charge >= 0.3 is 5.97 Å². The zero-order chi connectivity index (χ0) is 24.1. The highest BCUT2D eigenvalue weighted by atomic mass is 32.2. The maximum absolute atomic E-state index is 14.8. The van der Waals surface area contributed by atoms with Crippen molar-refractivity contribution in [1.29, 1.82) is 0 Å². The number of hydrogen-bond acceptors (Lipinski definition) is 4. The predicted molar refractivity (Wildman–Crippen MR) is 131 cm³/mol. The Bertz CT molecular complexity index is 1170. The number of benzene rings is 2. The molecule has 0 aromatic heterocycles. The second-order valence-electron chi connectivity index (χ2n) is 10.7. The predicted octanol–water partition coefficient (Wildman–Crippen LogP) is 6.08. The van der Waals surface area contributed by atoms with Crippen LogP contribution < -0.4 is 0 Å². The molecule has 0 spiro atoms. The van der Waals surface area contributed by atoms with Crippen molar-refractivity contribution in [3.8, 4) is 0 Å². The minimum atomic E-state index is -3.84. The topological polar surface area (TPSA) is 71.4 Å². The smallest absolute Gasteiger partial charge is 0.307 e. The van der Waals surface area contributed by atoms with Gasteiger partial charge in [0.1, 0.15) is 5.82 Å². The molecule has 2 aromatic carbocycles. The van der Waals surface area contributed by atoms with Gasteiger partial charge in [0.25, 0.3) is 0 Å². The molecule has 4 saturated carbocycles. The van der Waals surface area contributed by atoms with Crippen molar-refractivity contribution in [3.63, 3.8) is 0 Å². The highest BCUT2D eigenvalue weighted by Crippen LogP contribution is 2.60. The molecule has 0 amide bonds. The highest BCUT2D eigenvalue weighted by Gasteiger charge is 2.51. The fourth-order valence-corrected chi connectivity index (χ4v) is 9.21. The van der Waals surface area contributed by atoms with Gasteiger partial charge in [-0.1, -0.05) is 25.1 Å². The average Bonchev–Trinajstić information content (AvgIpc) is 2.79. The summed E-state index contributed by atoms with van der Waals surface area (Å²) in [4.78, 5) is 11.1. The van der Waals surface area contributed by atoms with E-state index in [1.807, 2.05) is 12.1 Å². The maximum Gasteiger partial charge on any atom is 0.307 e. The lowest BCUT2D eigenvalue weighted by atomic mass is 9.48. The number of sulfone groups is 1. The van der Waals surface area contributed by atoms with E-state index in [0.29, 0.717) is 17.1 Å². The number of halogens is 1. The van der Waals surface area contributed by atoms with Crippen LogP contribution in [-0.2, 0) is 25.8 Å². The molecule has 4 bridgehead atoms. The Morgan fingerprint density at radius 1 is 1.06 bits per heavy atom. The number of hydrogen-bond donors (Lipinski definition) is 1. The molecule has 0 heterocycles. The van der Waals surface area contributed by atoms with Gasteiger partial charge in [0.15, 0.2) is 0 Å². The fourth-order valence-electron chi connectivity index (χ4n) is 6.82. The van der Waals surface area contributed by atoms with Gasteiger partial charge in [0.05, 0.1) is 15.7 Å². The first-order chi connectivity index (χ1) is 16.2. The molecule has 0 saturated heterocycles. The lowest BCUT2D eigenvalue weighted by Crippen LogP contribution is -2.48. The zero-order valence-electron chi connectivity index (χ0n) is 19.4. The molecule has 4 aliphatic carbocycles. The SMILES string of the molecule is CC(CSCc1ccc(S(=O)(=O)c2cccc(C34CC5CC(CC(C5)C3)C4)c2)cc1F)C(=O)O. The number of rotatable bonds is 8. The van der Waals surface area contributed by atoms with Crippen LogP contribution >= 0.6 is 11.8 Å². The molecule has 0 radical (unpaired) electrons. The first kappa shape index (κ1) is 23.9. The van der Waals surface area contributed by atoms with Crippen LogP contribution in [0.15, 0.2) is 52.3 Å². The van der Waals surface area contributed by atoms with Crippen molar-refractivity contribution in [2.45, 2.75) is 66.4 Å². The second kappa shape index (κ2) is 8.98. The molecule has 7 heteroatoms. The van der Waals surface area contributed by atoms with E-state index >= 15 is 0 Å². The number of aliphatic carboxylic acids is 1. The number of carboxylic acids is 1. The highest BCUT2D eigenvalue weighted by molar-refractivity contribution is 7.98. The molecule has 4 nitrogen and oxygen atoms in total. The molecular formula is C27H31FO4S2. The normalized spacial score (nSPS) is 28.7. The first-order valence-corrected chi connectivity index (χ1v) is 14.7. The van der Waals surface area contributed by atoms with Crippen molar-refractivity contribution >= 4 is 27.6 Å². The van der Waals surface area contributed by atoms with Gasteiger partial charge in [-0.2, -0.15) is 11.8 Å². The Kier molecular flexibility index (Phi) is 6.30. The summed E-state index contributed by atoms with van der Waals surface area (Å²) in [6.07, 6.45) is 7.46. The average molecular weight is 503 g/mol. The third kappa shape index (κ3) is 4.41. The van der Waals surface area contributed by atoms with Crippen LogP contribution in [0.3, 0.4) is 0 Å². The van der Waals surface area contributed by atoms with E-state index in [4.69, 9.17) is 5.11 Å². The monoisotopic (exact) mass is 502 g/mol. The molecule has 34 heavy (non-hydrogen) atoms. The van der Waals surface area contributed by atoms with Crippen LogP contribution in [0, 0.1) is 29.5 Å². The van der Waals surface area contributed by atoms with E-state index in [0.717, 1.165) is 48.6 Å². The number of thioether (sulfide) groups is 1. The summed E-state index contributed by atoms with van der Waals surface area (Å²) in [5.41, 5.74) is 1.61. The Balaban J connectivity index is 1.36. The van der Waals surface area contributed by atoms with E-state index in [-0.39, 0.29) is 15.2 Å². The third-order valence-corrected chi connectivity index (χ3v) is 11.2. The fraction of sp³-hybridized carbons (Fsp3) is 0.519. The van der Waals surface area contributed by atoms with Crippen molar-refractivity contribution in [2.75, 3.05) is 5.75 Å². The second-order valence-corrected chi connectivity index (χ2v) is 13.7. The summed E-state index contributed by atoms with van der Waals surface area (Å²) < 4.78 is 41.6. The summed E-state index contributed by atoms with van der Waals surface area (Å²) in [6.45, 7) is 1.61. The summed E-state index contributed by atoms with van der Waals surface area (Å²) in [5, 5.41) is 8.98. The molecule has 6 rings (SSSR count). The van der Waals surface area contributed by atoms with Gasteiger partial charge in [-0.25, -0.2) is 12.8 Å². The van der Waals surface area contributed by atoms with Crippen LogP contribution in [0.25, 0.3) is 0 Å². The minimum Gasteiger partial charge on any atom is -0.481 e. The largest absolute Gasteiger partial charge is 0.481 e. The summed E-state index contributed by atoms with van der Waals surface area (Å²) >= 11 is 1.33. The van der Waals surface area contributed by atoms with Crippen LogP contribution in [0.2, 0.25) is 0 Å². The van der Waals surface area contributed by atoms with E-state index in [1.165, 1.54) is 43.2 Å². The number of carbonyl (C=O) groups is 1. The molecule has 182 valence electrons. The van der Waals surface area contributed by atoms with E-state index in [2.05, 4.69) is 6.07 Å². The quantitative estimate of drug-likeness (QED) is 0.474. The molecule has 1 atom stereocenters. The van der Waals surface area contributed by atoms with Gasteiger partial charge in [-0.3, -0.25) is 4.79 Å². The van der Waals surface area contributed by atoms with E-state index in [9.17, 15) is 17.6 Å². The van der Waals surface area contributed by atoms with Gasteiger partial charge in [-0.15, -0.1) is 0 Å². The van der Waals surface area contributed by atoms with Crippen LogP contribution in [0.1, 0.15) is 56.6 Å². The number of carboxylic acid groups (broad SMARTS) is 1. The van der Waals surface area contributed by atoms with Crippen LogP contribution in [0.4, 0.5) is 4.39 Å². The van der Waals surface area contributed by atoms with Gasteiger partial charge in [0.2, 0.25) is 9.84 Å². The summed E-state index contributed by atoms with van der Waals surface area (Å²) in [6, 6.07) is 11.5. The lowest BCUT2D eigenvalue weighted by Gasteiger charge is -2.57. The Morgan fingerprint density at radius 3 is 2.26 bits per heavy atom. The first-order valence-electron chi connectivity index (χ1n) is 12.1. The Labute approximate surface area is 205 Å². The molecule has 4 fully saturated rings. The van der Waals surface area contributed by atoms with Gasteiger partial charge in [0, 0.05) is 11.5 Å². The van der Waals surface area contributed by atoms with Crippen LogP contribution in [0.5, 0.6) is 0 Å². The molecule has 2 aromatic rings. The molecule has 4 aliphatic rings. The standard InChI is InChI=1S/C27H31FO4S2/c1-17(26(29)30)15-33-16-21-5-6-24(11-25(21)28)34(31,32)23-4-2-3-22(10-23)27-12-18-7-19(13-27)9-20(8-18)14-27/h2-6,10-11,17-20H,7-9,12-16H2,1H3,(H,29,30). The van der Waals surface area contributed by atoms with Crippen molar-refractivity contribution < 1.29 is 22.7 Å². The minimum absolute atomic E-state index is 0.0414.